The van der Waals surface area contributed by atoms with E-state index < -0.39 is 0 Å². The van der Waals surface area contributed by atoms with E-state index in [2.05, 4.69) is 13.0 Å². The van der Waals surface area contributed by atoms with Crippen LogP contribution in [0, 0.1) is 0 Å². The quantitative estimate of drug-likeness (QED) is 0.455. The molecule has 0 radical (unpaired) electrons. The zero-order chi connectivity index (χ0) is 22.7. The smallest absolute Gasteiger partial charge is 0.266 e. The molecule has 2 aromatic rings. The van der Waals surface area contributed by atoms with Gasteiger partial charge in [0.1, 0.15) is 10.9 Å². The summed E-state index contributed by atoms with van der Waals surface area (Å²) >= 11 is 6.71. The summed E-state index contributed by atoms with van der Waals surface area (Å²) in [5.74, 6) is -0.0254. The lowest BCUT2D eigenvalue weighted by molar-refractivity contribution is -0.135. The molecular weight excluding hydrogens is 446 g/mol. The molecule has 2 amide bonds. The summed E-state index contributed by atoms with van der Waals surface area (Å²) in [5, 5.41) is 1.03. The lowest BCUT2D eigenvalue weighted by atomic mass is 10.1. The fourth-order valence-corrected chi connectivity index (χ4v) is 5.36. The SMILES string of the molecule is CCc1cccc2c(/C=C3\SC(=S)N(CCOC)C3=O)cn(CC(=O)N3CCOCC3)c12. The van der Waals surface area contributed by atoms with E-state index in [-0.39, 0.29) is 18.4 Å². The molecule has 1 aromatic carbocycles. The maximum Gasteiger partial charge on any atom is 0.266 e. The highest BCUT2D eigenvalue weighted by atomic mass is 32.2. The molecule has 0 bridgehead atoms. The van der Waals surface area contributed by atoms with Crippen LogP contribution in [0.1, 0.15) is 18.1 Å². The average Bonchev–Trinajstić information content (AvgIpc) is 3.29. The van der Waals surface area contributed by atoms with Crippen molar-refractivity contribution in [3.05, 3.63) is 40.4 Å². The molecule has 170 valence electrons. The number of ether oxygens (including phenoxy) is 2. The third-order valence-corrected chi connectivity index (χ3v) is 7.12. The highest BCUT2D eigenvalue weighted by Gasteiger charge is 2.32. The number of methoxy groups -OCH3 is 1. The van der Waals surface area contributed by atoms with Gasteiger partial charge in [0, 0.05) is 37.3 Å². The van der Waals surface area contributed by atoms with E-state index in [1.807, 2.05) is 33.9 Å². The molecule has 32 heavy (non-hydrogen) atoms. The number of morpholine rings is 1. The van der Waals surface area contributed by atoms with Gasteiger partial charge in [0.25, 0.3) is 5.91 Å². The lowest BCUT2D eigenvalue weighted by Crippen LogP contribution is -2.42. The Balaban J connectivity index is 1.68. The summed E-state index contributed by atoms with van der Waals surface area (Å²) in [6.45, 7) is 5.64. The monoisotopic (exact) mass is 473 g/mol. The number of carbonyl (C=O) groups excluding carboxylic acids is 2. The van der Waals surface area contributed by atoms with Crippen molar-refractivity contribution >= 4 is 57.1 Å². The van der Waals surface area contributed by atoms with Crippen LogP contribution in [0.4, 0.5) is 0 Å². The lowest BCUT2D eigenvalue weighted by Gasteiger charge is -2.27. The van der Waals surface area contributed by atoms with Gasteiger partial charge in [-0.3, -0.25) is 14.5 Å². The minimum absolute atomic E-state index is 0.0774. The van der Waals surface area contributed by atoms with Crippen molar-refractivity contribution in [2.24, 2.45) is 0 Å². The first-order valence-corrected chi connectivity index (χ1v) is 12.0. The van der Waals surface area contributed by atoms with Crippen molar-refractivity contribution in [2.45, 2.75) is 19.9 Å². The van der Waals surface area contributed by atoms with Gasteiger partial charge in [-0.2, -0.15) is 0 Å². The predicted octanol–water partition coefficient (Wildman–Crippen LogP) is 2.91. The summed E-state index contributed by atoms with van der Waals surface area (Å²) in [5.41, 5.74) is 3.12. The van der Waals surface area contributed by atoms with Gasteiger partial charge in [-0.05, 0) is 18.1 Å². The standard InChI is InChI=1S/C23H27N3O4S2/c1-3-16-5-4-6-18-17(13-19-22(28)26(9-10-29-2)23(31)32-19)14-25(21(16)18)15-20(27)24-7-11-30-12-8-24/h4-6,13-14H,3,7-12,15H2,1-2H3/b19-13-. The van der Waals surface area contributed by atoms with Gasteiger partial charge < -0.3 is 18.9 Å². The molecular formula is C23H27N3O4S2. The molecule has 9 heteroatoms. The van der Waals surface area contributed by atoms with E-state index in [4.69, 9.17) is 21.7 Å². The van der Waals surface area contributed by atoms with Crippen LogP contribution in [0.2, 0.25) is 0 Å². The minimum Gasteiger partial charge on any atom is -0.383 e. The van der Waals surface area contributed by atoms with E-state index in [1.165, 1.54) is 17.3 Å². The average molecular weight is 474 g/mol. The third kappa shape index (κ3) is 4.61. The van der Waals surface area contributed by atoms with Gasteiger partial charge in [-0.15, -0.1) is 0 Å². The maximum atomic E-state index is 12.9. The van der Waals surface area contributed by atoms with Crippen molar-refractivity contribution in [1.82, 2.24) is 14.4 Å². The number of rotatable bonds is 7. The van der Waals surface area contributed by atoms with Crippen molar-refractivity contribution in [2.75, 3.05) is 46.6 Å². The molecule has 0 spiro atoms. The molecule has 2 aliphatic heterocycles. The van der Waals surface area contributed by atoms with Gasteiger partial charge in [-0.1, -0.05) is 49.1 Å². The van der Waals surface area contributed by atoms with Crippen molar-refractivity contribution in [3.8, 4) is 0 Å². The molecule has 2 fully saturated rings. The number of hydrogen-bond acceptors (Lipinski definition) is 6. The Bertz CT molecular complexity index is 1070. The summed E-state index contributed by atoms with van der Waals surface area (Å²) in [7, 11) is 1.60. The van der Waals surface area contributed by atoms with E-state index in [0.717, 1.165) is 22.9 Å². The number of carbonyl (C=O) groups is 2. The molecule has 7 nitrogen and oxygen atoms in total. The van der Waals surface area contributed by atoms with Gasteiger partial charge >= 0.3 is 0 Å². The van der Waals surface area contributed by atoms with Crippen LogP contribution in [0.5, 0.6) is 0 Å². The number of thioether (sulfide) groups is 1. The zero-order valence-electron chi connectivity index (χ0n) is 18.3. The van der Waals surface area contributed by atoms with Crippen LogP contribution in [0.25, 0.3) is 17.0 Å². The minimum atomic E-state index is -0.103. The third-order valence-electron chi connectivity index (χ3n) is 5.74. The largest absolute Gasteiger partial charge is 0.383 e. The fourth-order valence-electron chi connectivity index (χ4n) is 4.07. The van der Waals surface area contributed by atoms with Gasteiger partial charge in [0.15, 0.2) is 0 Å². The van der Waals surface area contributed by atoms with Gasteiger partial charge in [0.2, 0.25) is 5.91 Å². The molecule has 0 unspecified atom stereocenters. The fraction of sp³-hybridized carbons (Fsp3) is 0.435. The van der Waals surface area contributed by atoms with Crippen LogP contribution in [0.3, 0.4) is 0 Å². The Hall–Kier alpha value is -2.20. The first-order chi connectivity index (χ1) is 15.5. The molecule has 1 aromatic heterocycles. The van der Waals surface area contributed by atoms with Crippen LogP contribution in [-0.2, 0) is 32.0 Å². The van der Waals surface area contributed by atoms with Crippen molar-refractivity contribution < 1.29 is 19.1 Å². The van der Waals surface area contributed by atoms with Gasteiger partial charge in [0.05, 0.1) is 36.8 Å². The Labute approximate surface area is 197 Å². The van der Waals surface area contributed by atoms with Crippen LogP contribution < -0.4 is 0 Å². The second kappa shape index (κ2) is 10.2. The Kier molecular flexibility index (Phi) is 7.30. The number of aromatic nitrogens is 1. The van der Waals surface area contributed by atoms with Crippen LogP contribution in [-0.4, -0.2) is 77.1 Å². The Morgan fingerprint density at radius 3 is 2.81 bits per heavy atom. The number of benzene rings is 1. The summed E-state index contributed by atoms with van der Waals surface area (Å²) in [4.78, 5) is 29.9. The number of nitrogens with zero attached hydrogens (tertiary/aromatic N) is 3. The summed E-state index contributed by atoms with van der Waals surface area (Å²) < 4.78 is 13.0. The van der Waals surface area contributed by atoms with Crippen LogP contribution in [0.15, 0.2) is 29.3 Å². The highest BCUT2D eigenvalue weighted by Crippen LogP contribution is 2.35. The molecule has 2 saturated heterocycles. The van der Waals surface area contributed by atoms with E-state index in [1.54, 1.807) is 12.0 Å². The number of para-hydroxylation sites is 1. The molecule has 3 heterocycles. The Morgan fingerprint density at radius 1 is 1.31 bits per heavy atom. The molecule has 0 aliphatic carbocycles. The number of thiocarbonyl (C=S) groups is 1. The van der Waals surface area contributed by atoms with Crippen molar-refractivity contribution in [1.29, 1.82) is 0 Å². The van der Waals surface area contributed by atoms with Crippen molar-refractivity contribution in [3.63, 3.8) is 0 Å². The molecule has 0 atom stereocenters. The number of hydrogen-bond donors (Lipinski definition) is 0. The summed E-state index contributed by atoms with van der Waals surface area (Å²) in [6, 6.07) is 6.16. The maximum absolute atomic E-state index is 12.9. The topological polar surface area (TPSA) is 64.0 Å². The number of aryl methyl sites for hydroxylation is 1. The number of amides is 2. The second-order valence-corrected chi connectivity index (χ2v) is 9.37. The predicted molar refractivity (Wildman–Crippen MR) is 130 cm³/mol. The Morgan fingerprint density at radius 2 is 2.09 bits per heavy atom. The molecule has 2 aliphatic rings. The molecule has 0 saturated carbocycles. The zero-order valence-corrected chi connectivity index (χ0v) is 20.0. The molecule has 4 rings (SSSR count). The van der Waals surface area contributed by atoms with E-state index >= 15 is 0 Å². The van der Waals surface area contributed by atoms with E-state index in [0.29, 0.717) is 48.7 Å². The normalized spacial score (nSPS) is 18.4. The van der Waals surface area contributed by atoms with Crippen LogP contribution >= 0.6 is 24.0 Å². The van der Waals surface area contributed by atoms with Gasteiger partial charge in [-0.25, -0.2) is 0 Å². The van der Waals surface area contributed by atoms with E-state index in [9.17, 15) is 9.59 Å². The summed E-state index contributed by atoms with van der Waals surface area (Å²) in [6.07, 6.45) is 4.72. The first-order valence-electron chi connectivity index (χ1n) is 10.7. The first kappa shape index (κ1) is 23.0. The second-order valence-electron chi connectivity index (χ2n) is 7.70. The molecule has 0 N–H and O–H groups in total. The highest BCUT2D eigenvalue weighted by molar-refractivity contribution is 8.26. The number of fused-ring (bicyclic) bond motifs is 1.